The monoisotopic (exact) mass is 119 g/mol. The molecule has 0 aliphatic carbocycles. The average molecular weight is 119 g/mol. The first-order valence-corrected chi connectivity index (χ1v) is 1.79. The Morgan fingerprint density at radius 3 is 2.00 bits per heavy atom. The maximum absolute atomic E-state index is 9.00. The molecule has 0 aliphatic heterocycles. The molecule has 0 aliphatic rings. The highest BCUT2D eigenvalue weighted by Crippen LogP contribution is 1.42. The minimum Gasteiger partial charge on any atom is -0.481 e. The molecule has 0 heterocycles. The summed E-state index contributed by atoms with van der Waals surface area (Å²) in [6.45, 7) is 1.08. The van der Waals surface area contributed by atoms with E-state index >= 15 is 0 Å². The maximum atomic E-state index is 9.00. The summed E-state index contributed by atoms with van der Waals surface area (Å²) in [5.74, 6) is -0.833. The van der Waals surface area contributed by atoms with Crippen LogP contribution in [0.2, 0.25) is 0 Å². The number of carboxylic acids is 1. The van der Waals surface area contributed by atoms with Crippen molar-refractivity contribution >= 4 is 23.3 Å². The molecule has 7 heavy (non-hydrogen) atoms. The largest absolute Gasteiger partial charge is 0.481 e. The van der Waals surface area contributed by atoms with Crippen LogP contribution in [0.1, 0.15) is 6.92 Å². The molecule has 0 saturated carbocycles. The lowest BCUT2D eigenvalue weighted by Gasteiger charge is -1.59. The normalized spacial score (nSPS) is 4.71. The number of thiocarbonyl (C=S) groups is 1. The molecule has 2 N–H and O–H groups in total. The van der Waals surface area contributed by atoms with Gasteiger partial charge in [-0.3, -0.25) is 4.79 Å². The molecule has 0 spiro atoms. The summed E-state index contributed by atoms with van der Waals surface area (Å²) >= 11 is 3.81. The number of nitrogens with one attached hydrogen (secondary N) is 1. The lowest BCUT2D eigenvalue weighted by molar-refractivity contribution is -0.134. The first kappa shape index (κ1) is 9.55. The quantitative estimate of drug-likeness (QED) is 0.365. The third kappa shape index (κ3) is 106. The summed E-state index contributed by atoms with van der Waals surface area (Å²) in [5, 5.41) is 14.8. The summed E-state index contributed by atoms with van der Waals surface area (Å²) in [6, 6.07) is 0. The Morgan fingerprint density at radius 2 is 2.00 bits per heavy atom. The molecule has 0 bridgehead atoms. The lowest BCUT2D eigenvalue weighted by atomic mass is 10.9. The fraction of sp³-hybridized carbons (Fsp3) is 0.333. The predicted octanol–water partition coefficient (Wildman–Crippen LogP) is 0.759. The van der Waals surface area contributed by atoms with Crippen LogP contribution in [-0.4, -0.2) is 16.2 Å². The van der Waals surface area contributed by atoms with Gasteiger partial charge in [0.1, 0.15) is 0 Å². The molecule has 40 valence electrons. The Hall–Kier alpha value is -0.730. The minimum absolute atomic E-state index is 0.833. The molecule has 0 unspecified atom stereocenters. The van der Waals surface area contributed by atoms with E-state index in [2.05, 4.69) is 12.2 Å². The van der Waals surface area contributed by atoms with Crippen LogP contribution >= 0.6 is 12.2 Å². The van der Waals surface area contributed by atoms with Gasteiger partial charge in [-0.05, 0) is 12.2 Å². The lowest BCUT2D eigenvalue weighted by Crippen LogP contribution is -1.78. The summed E-state index contributed by atoms with van der Waals surface area (Å²) in [7, 11) is 0. The molecular formula is C3H5NO2S. The van der Waals surface area contributed by atoms with Gasteiger partial charge in [-0.1, -0.05) is 0 Å². The fourth-order valence-corrected chi connectivity index (χ4v) is 0. The van der Waals surface area contributed by atoms with Crippen molar-refractivity contribution in [3.8, 4) is 0 Å². The van der Waals surface area contributed by atoms with Crippen LogP contribution < -0.4 is 0 Å². The van der Waals surface area contributed by atoms with Crippen LogP contribution in [0.5, 0.6) is 0 Å². The number of aliphatic carboxylic acids is 1. The van der Waals surface area contributed by atoms with E-state index in [0.29, 0.717) is 0 Å². The number of hydrogen-bond acceptors (Lipinski definition) is 3. The summed E-state index contributed by atoms with van der Waals surface area (Å²) in [4.78, 5) is 9.00. The van der Waals surface area contributed by atoms with Crippen LogP contribution in [0.3, 0.4) is 0 Å². The number of carbonyl (C=O) groups is 1. The molecule has 3 nitrogen and oxygen atoms in total. The van der Waals surface area contributed by atoms with E-state index in [9.17, 15) is 0 Å². The fourth-order valence-electron chi connectivity index (χ4n) is 0. The molecular weight excluding hydrogens is 114 g/mol. The molecule has 0 rings (SSSR count). The summed E-state index contributed by atoms with van der Waals surface area (Å²) in [6.07, 6.45) is 0. The second kappa shape index (κ2) is 8.99. The molecule has 0 radical (unpaired) electrons. The van der Waals surface area contributed by atoms with Gasteiger partial charge in [0.15, 0.2) is 0 Å². The number of hydrogen-bond donors (Lipinski definition) is 2. The van der Waals surface area contributed by atoms with E-state index in [1.807, 2.05) is 0 Å². The van der Waals surface area contributed by atoms with E-state index in [0.717, 1.165) is 6.92 Å². The Morgan fingerprint density at radius 1 is 2.00 bits per heavy atom. The number of rotatable bonds is 0. The van der Waals surface area contributed by atoms with Crippen molar-refractivity contribution in [3.63, 3.8) is 0 Å². The third-order valence-corrected chi connectivity index (χ3v) is 0. The first-order chi connectivity index (χ1) is 3.15. The van der Waals surface area contributed by atoms with Crippen LogP contribution in [0.4, 0.5) is 0 Å². The molecule has 0 aromatic heterocycles. The van der Waals surface area contributed by atoms with Gasteiger partial charge in [0.05, 0.1) is 5.16 Å². The van der Waals surface area contributed by atoms with Gasteiger partial charge >= 0.3 is 0 Å². The smallest absolute Gasteiger partial charge is 0.300 e. The van der Waals surface area contributed by atoms with Gasteiger partial charge in [0, 0.05) is 6.92 Å². The van der Waals surface area contributed by atoms with Gasteiger partial charge in [-0.2, -0.15) is 0 Å². The third-order valence-electron chi connectivity index (χ3n) is 0. The van der Waals surface area contributed by atoms with Crippen LogP contribution in [-0.2, 0) is 4.79 Å². The zero-order valence-corrected chi connectivity index (χ0v) is 4.58. The van der Waals surface area contributed by atoms with E-state index in [1.165, 1.54) is 0 Å². The molecule has 4 heteroatoms. The number of isothiocyanates is 1. The highest BCUT2D eigenvalue weighted by atomic mass is 32.1. The van der Waals surface area contributed by atoms with E-state index in [4.69, 9.17) is 15.3 Å². The predicted molar refractivity (Wildman–Crippen MR) is 28.6 cm³/mol. The molecule has 0 aromatic rings. The summed E-state index contributed by atoms with van der Waals surface area (Å²) in [5.41, 5.74) is 0. The zero-order chi connectivity index (χ0) is 6.28. The zero-order valence-electron chi connectivity index (χ0n) is 3.76. The van der Waals surface area contributed by atoms with Crippen molar-refractivity contribution < 1.29 is 9.90 Å². The van der Waals surface area contributed by atoms with Gasteiger partial charge < -0.3 is 5.11 Å². The van der Waals surface area contributed by atoms with Gasteiger partial charge in [0.25, 0.3) is 5.97 Å². The highest BCUT2D eigenvalue weighted by molar-refractivity contribution is 7.78. The second-order valence-electron chi connectivity index (χ2n) is 0.621. The summed E-state index contributed by atoms with van der Waals surface area (Å²) < 4.78 is 0. The van der Waals surface area contributed by atoms with Crippen LogP contribution in [0, 0.1) is 5.41 Å². The van der Waals surface area contributed by atoms with Crippen molar-refractivity contribution in [2.75, 3.05) is 0 Å². The molecule has 0 saturated heterocycles. The topological polar surface area (TPSA) is 61.1 Å². The minimum atomic E-state index is -0.833. The van der Waals surface area contributed by atoms with E-state index in [1.54, 1.807) is 5.16 Å². The van der Waals surface area contributed by atoms with Crippen molar-refractivity contribution in [1.82, 2.24) is 0 Å². The molecule has 0 atom stereocenters. The first-order valence-electron chi connectivity index (χ1n) is 1.38. The van der Waals surface area contributed by atoms with E-state index < -0.39 is 5.97 Å². The molecule has 0 amide bonds. The molecule has 0 aromatic carbocycles. The van der Waals surface area contributed by atoms with Gasteiger partial charge in [-0.25, -0.2) is 5.41 Å². The maximum Gasteiger partial charge on any atom is 0.300 e. The average Bonchev–Trinajstić information content (AvgIpc) is 1.33. The van der Waals surface area contributed by atoms with Crippen LogP contribution in [0.25, 0.3) is 0 Å². The Labute approximate surface area is 46.5 Å². The van der Waals surface area contributed by atoms with Crippen molar-refractivity contribution in [2.45, 2.75) is 6.92 Å². The molecule has 0 fully saturated rings. The van der Waals surface area contributed by atoms with Crippen molar-refractivity contribution in [1.29, 1.82) is 5.41 Å². The Kier molecular flexibility index (Phi) is 12.3. The highest BCUT2D eigenvalue weighted by Gasteiger charge is 1.65. The SMILES string of the molecule is CC(=O)O.N=C=S. The van der Waals surface area contributed by atoms with Gasteiger partial charge in [-0.15, -0.1) is 0 Å². The van der Waals surface area contributed by atoms with Crippen molar-refractivity contribution in [2.24, 2.45) is 0 Å². The standard InChI is InChI=1S/C2H4O2.CHNS/c1-2(3)4;2-1-3/h1H3,(H,3,4);2H. The van der Waals surface area contributed by atoms with Crippen molar-refractivity contribution in [3.05, 3.63) is 0 Å². The number of carboxylic acid groups (broad SMARTS) is 1. The second-order valence-corrected chi connectivity index (χ2v) is 0.825. The van der Waals surface area contributed by atoms with E-state index in [-0.39, 0.29) is 0 Å². The Balaban J connectivity index is 0. The Bertz CT molecular complexity index is 80.9. The van der Waals surface area contributed by atoms with Crippen LogP contribution in [0.15, 0.2) is 0 Å². The van der Waals surface area contributed by atoms with Gasteiger partial charge in [0.2, 0.25) is 0 Å².